The highest BCUT2D eigenvalue weighted by molar-refractivity contribution is 5.82. The molecule has 0 unspecified atom stereocenters. The minimum atomic E-state index is -0.674. The molecule has 3 heterocycles. The number of aromatic nitrogens is 6. The van der Waals surface area contributed by atoms with Crippen LogP contribution in [0.1, 0.15) is 36.3 Å². The maximum absolute atomic E-state index is 14.6. The standard InChI is InChI=1S/C20H19FN10O/c1-3-12(26-17-10(8-22)16(23)28-20(24)29-17)18-27-15-9(2)4-5-11(21)14(15)19(32)31(18)13-6-7-25-30-13/h4-7,12H,3H2,1-2H3,(H,25,30)(H5,23,24,26,28,29)/t12-/m0/s1. The van der Waals surface area contributed by atoms with Crippen LogP contribution in [0.4, 0.5) is 22.0 Å². The van der Waals surface area contributed by atoms with Crippen LogP contribution in [-0.2, 0) is 0 Å². The third kappa shape index (κ3) is 3.35. The van der Waals surface area contributed by atoms with Crippen molar-refractivity contribution in [3.63, 3.8) is 0 Å². The number of H-pyrrole nitrogens is 1. The molecule has 0 bridgehead atoms. The minimum Gasteiger partial charge on any atom is -0.382 e. The lowest BCUT2D eigenvalue weighted by molar-refractivity contribution is 0.627. The maximum atomic E-state index is 14.6. The van der Waals surface area contributed by atoms with Gasteiger partial charge in [0.1, 0.15) is 40.3 Å². The molecule has 0 saturated heterocycles. The van der Waals surface area contributed by atoms with Crippen molar-refractivity contribution in [2.75, 3.05) is 16.8 Å². The molecule has 0 aliphatic heterocycles. The van der Waals surface area contributed by atoms with Crippen molar-refractivity contribution < 1.29 is 4.39 Å². The van der Waals surface area contributed by atoms with Crippen LogP contribution in [0.15, 0.2) is 29.2 Å². The Labute approximate surface area is 180 Å². The van der Waals surface area contributed by atoms with E-state index >= 15 is 0 Å². The maximum Gasteiger partial charge on any atom is 0.270 e. The summed E-state index contributed by atoms with van der Waals surface area (Å²) in [6, 6.07) is 5.69. The van der Waals surface area contributed by atoms with E-state index in [1.54, 1.807) is 19.1 Å². The summed E-state index contributed by atoms with van der Waals surface area (Å²) < 4.78 is 15.9. The number of nitriles is 1. The van der Waals surface area contributed by atoms with Crippen molar-refractivity contribution in [2.24, 2.45) is 0 Å². The van der Waals surface area contributed by atoms with Gasteiger partial charge in [0.05, 0.1) is 17.8 Å². The Morgan fingerprint density at radius 3 is 2.72 bits per heavy atom. The fourth-order valence-corrected chi connectivity index (χ4v) is 3.46. The average molecular weight is 434 g/mol. The lowest BCUT2D eigenvalue weighted by Gasteiger charge is -2.22. The number of anilines is 3. The van der Waals surface area contributed by atoms with Crippen molar-refractivity contribution in [1.29, 1.82) is 5.26 Å². The number of nitrogens with zero attached hydrogens (tertiary/aromatic N) is 6. The van der Waals surface area contributed by atoms with Gasteiger partial charge < -0.3 is 16.8 Å². The molecular weight excluding hydrogens is 415 g/mol. The molecule has 0 spiro atoms. The third-order valence-electron chi connectivity index (χ3n) is 5.03. The van der Waals surface area contributed by atoms with Crippen LogP contribution in [0.2, 0.25) is 0 Å². The van der Waals surface area contributed by atoms with E-state index in [1.807, 2.05) is 13.0 Å². The summed E-state index contributed by atoms with van der Waals surface area (Å²) in [5.74, 6) is -0.190. The summed E-state index contributed by atoms with van der Waals surface area (Å²) in [6.45, 7) is 3.59. The first-order valence-electron chi connectivity index (χ1n) is 9.66. The predicted molar refractivity (Wildman–Crippen MR) is 116 cm³/mol. The molecule has 12 heteroatoms. The summed E-state index contributed by atoms with van der Waals surface area (Å²) in [5, 5.41) is 19.1. The van der Waals surface area contributed by atoms with E-state index in [0.29, 0.717) is 17.8 Å². The van der Waals surface area contributed by atoms with Crippen molar-refractivity contribution >= 4 is 28.5 Å². The van der Waals surface area contributed by atoms with Gasteiger partial charge in [-0.1, -0.05) is 13.0 Å². The SMILES string of the molecule is CC[C@H](Nc1nc(N)nc(N)c1C#N)c1nc2c(C)ccc(F)c2c(=O)n1-c1ccn[nH]1. The normalized spacial score (nSPS) is 11.9. The van der Waals surface area contributed by atoms with E-state index < -0.39 is 17.4 Å². The second-order valence-corrected chi connectivity index (χ2v) is 7.05. The molecule has 4 aromatic rings. The minimum absolute atomic E-state index is 0.0103. The van der Waals surface area contributed by atoms with Gasteiger partial charge in [0, 0.05) is 6.07 Å². The number of nitrogens with one attached hydrogen (secondary N) is 2. The zero-order valence-corrected chi connectivity index (χ0v) is 17.2. The number of nitrogens with two attached hydrogens (primary N) is 2. The number of rotatable bonds is 5. The van der Waals surface area contributed by atoms with Crippen molar-refractivity contribution in [1.82, 2.24) is 29.7 Å². The van der Waals surface area contributed by atoms with Crippen LogP contribution >= 0.6 is 0 Å². The van der Waals surface area contributed by atoms with E-state index in [-0.39, 0.29) is 39.9 Å². The Hall–Kier alpha value is -4.53. The first-order chi connectivity index (χ1) is 15.3. The van der Waals surface area contributed by atoms with Crippen molar-refractivity contribution in [3.8, 4) is 11.9 Å². The molecule has 162 valence electrons. The molecule has 11 nitrogen and oxygen atoms in total. The third-order valence-corrected chi connectivity index (χ3v) is 5.03. The molecular formula is C20H19FN10O. The number of nitrogen functional groups attached to an aromatic ring is 2. The molecule has 6 N–H and O–H groups in total. The number of fused-ring (bicyclic) bond motifs is 1. The molecule has 3 aromatic heterocycles. The molecule has 1 aromatic carbocycles. The van der Waals surface area contributed by atoms with Crippen molar-refractivity contribution in [3.05, 3.63) is 57.5 Å². The molecule has 1 atom stereocenters. The monoisotopic (exact) mass is 434 g/mol. The first kappa shape index (κ1) is 20.7. The Morgan fingerprint density at radius 1 is 1.28 bits per heavy atom. The highest BCUT2D eigenvalue weighted by Crippen LogP contribution is 2.28. The van der Waals surface area contributed by atoms with Crippen LogP contribution in [0.3, 0.4) is 0 Å². The van der Waals surface area contributed by atoms with Crippen molar-refractivity contribution in [2.45, 2.75) is 26.3 Å². The summed E-state index contributed by atoms with van der Waals surface area (Å²) in [7, 11) is 0. The molecule has 32 heavy (non-hydrogen) atoms. The largest absolute Gasteiger partial charge is 0.382 e. The van der Waals surface area contributed by atoms with Crippen LogP contribution in [-0.4, -0.2) is 29.7 Å². The first-order valence-corrected chi connectivity index (χ1v) is 9.66. The van der Waals surface area contributed by atoms with E-state index in [2.05, 4.69) is 30.5 Å². The Balaban J connectivity index is 1.99. The fraction of sp³-hybridized carbons (Fsp3) is 0.200. The lowest BCUT2D eigenvalue weighted by Crippen LogP contribution is -2.29. The number of aromatic amines is 1. The number of hydrogen-bond donors (Lipinski definition) is 4. The molecule has 0 aliphatic carbocycles. The molecule has 4 rings (SSSR count). The zero-order valence-electron chi connectivity index (χ0n) is 17.2. The highest BCUT2D eigenvalue weighted by atomic mass is 19.1. The zero-order chi connectivity index (χ0) is 23.0. The van der Waals surface area contributed by atoms with Gasteiger partial charge in [0.15, 0.2) is 5.82 Å². The number of hydrogen-bond acceptors (Lipinski definition) is 9. The summed E-state index contributed by atoms with van der Waals surface area (Å²) in [4.78, 5) is 25.9. The second kappa shape index (κ2) is 7.95. The number of halogens is 1. The van der Waals surface area contributed by atoms with E-state index in [4.69, 9.17) is 11.5 Å². The van der Waals surface area contributed by atoms with Crippen LogP contribution in [0, 0.1) is 24.1 Å². The van der Waals surface area contributed by atoms with E-state index in [0.717, 1.165) is 0 Å². The fourth-order valence-electron chi connectivity index (χ4n) is 3.46. The quantitative estimate of drug-likeness (QED) is 0.365. The topological polar surface area (TPSA) is 177 Å². The van der Waals surface area contributed by atoms with Gasteiger partial charge >= 0.3 is 0 Å². The smallest absolute Gasteiger partial charge is 0.270 e. The second-order valence-electron chi connectivity index (χ2n) is 7.05. The Bertz CT molecular complexity index is 1420. The summed E-state index contributed by atoms with van der Waals surface area (Å²) in [5.41, 5.74) is 11.8. The van der Waals surface area contributed by atoms with Gasteiger partial charge in [-0.25, -0.2) is 13.9 Å². The molecule has 0 aliphatic rings. The van der Waals surface area contributed by atoms with E-state index in [9.17, 15) is 14.4 Å². The van der Waals surface area contributed by atoms with Gasteiger partial charge in [0.2, 0.25) is 5.95 Å². The Morgan fingerprint density at radius 2 is 2.06 bits per heavy atom. The number of aryl methyl sites for hydroxylation is 1. The van der Waals surface area contributed by atoms with Gasteiger partial charge in [-0.3, -0.25) is 9.89 Å². The van der Waals surface area contributed by atoms with Gasteiger partial charge in [-0.2, -0.15) is 20.3 Å². The van der Waals surface area contributed by atoms with Gasteiger partial charge in [-0.05, 0) is 25.0 Å². The predicted octanol–water partition coefficient (Wildman–Crippen LogP) is 1.95. The van der Waals surface area contributed by atoms with Gasteiger partial charge in [-0.15, -0.1) is 0 Å². The van der Waals surface area contributed by atoms with E-state index in [1.165, 1.54) is 16.8 Å². The average Bonchev–Trinajstić information content (AvgIpc) is 3.28. The summed E-state index contributed by atoms with van der Waals surface area (Å²) in [6.07, 6.45) is 1.89. The lowest BCUT2D eigenvalue weighted by atomic mass is 10.1. The summed E-state index contributed by atoms with van der Waals surface area (Å²) >= 11 is 0. The Kier molecular flexibility index (Phi) is 5.15. The molecule has 0 fully saturated rings. The highest BCUT2D eigenvalue weighted by Gasteiger charge is 2.24. The molecule has 0 amide bonds. The molecule has 0 saturated carbocycles. The van der Waals surface area contributed by atoms with Gasteiger partial charge in [0.25, 0.3) is 5.56 Å². The molecule has 0 radical (unpaired) electrons. The van der Waals surface area contributed by atoms with Crippen LogP contribution in [0.5, 0.6) is 0 Å². The van der Waals surface area contributed by atoms with Crippen LogP contribution in [0.25, 0.3) is 16.7 Å². The van der Waals surface area contributed by atoms with Crippen LogP contribution < -0.4 is 22.3 Å². The number of benzene rings is 1.